The zero-order valence-electron chi connectivity index (χ0n) is 11.6. The third-order valence-corrected chi connectivity index (χ3v) is 3.98. The van der Waals surface area contributed by atoms with E-state index in [0.717, 1.165) is 29.0 Å². The average molecular weight is 283 g/mol. The first kappa shape index (κ1) is 13.1. The summed E-state index contributed by atoms with van der Waals surface area (Å²) in [6.07, 6.45) is 0.997. The van der Waals surface area contributed by atoms with Crippen molar-refractivity contribution in [2.45, 2.75) is 26.3 Å². The van der Waals surface area contributed by atoms with Crippen molar-refractivity contribution in [1.82, 2.24) is 9.97 Å². The maximum atomic E-state index is 4.67. The molecule has 1 N–H and O–H groups in total. The van der Waals surface area contributed by atoms with Crippen LogP contribution >= 0.6 is 11.3 Å². The molecule has 3 nitrogen and oxygen atoms in total. The van der Waals surface area contributed by atoms with Crippen molar-refractivity contribution in [2.24, 2.45) is 0 Å². The van der Waals surface area contributed by atoms with Gasteiger partial charge in [0.05, 0.1) is 16.7 Å². The number of para-hydroxylation sites is 2. The molecule has 2 heterocycles. The fraction of sp³-hybridized carbons (Fsp3) is 0.250. The van der Waals surface area contributed by atoms with Crippen LogP contribution < -0.4 is 5.32 Å². The topological polar surface area (TPSA) is 37.8 Å². The van der Waals surface area contributed by atoms with E-state index in [4.69, 9.17) is 0 Å². The zero-order valence-corrected chi connectivity index (χ0v) is 12.4. The van der Waals surface area contributed by atoms with Gasteiger partial charge >= 0.3 is 0 Å². The molecule has 0 amide bonds. The number of fused-ring (bicyclic) bond motifs is 1. The lowest BCUT2D eigenvalue weighted by atomic mass is 10.1. The minimum absolute atomic E-state index is 0.332. The van der Waals surface area contributed by atoms with E-state index in [-0.39, 0.29) is 0 Å². The SMILES string of the molecule is Cc1nc2ccccc2nc1NC(C)Cc1ccsc1. The molecule has 0 saturated heterocycles. The van der Waals surface area contributed by atoms with Crippen molar-refractivity contribution >= 4 is 28.2 Å². The summed E-state index contributed by atoms with van der Waals surface area (Å²) in [4.78, 5) is 9.28. The van der Waals surface area contributed by atoms with E-state index in [9.17, 15) is 0 Å². The van der Waals surface area contributed by atoms with Gasteiger partial charge in [-0.2, -0.15) is 11.3 Å². The Hall–Kier alpha value is -1.94. The summed E-state index contributed by atoms with van der Waals surface area (Å²) in [6, 6.07) is 10.5. The Morgan fingerprint density at radius 3 is 2.60 bits per heavy atom. The third kappa shape index (κ3) is 2.80. The maximum Gasteiger partial charge on any atom is 0.148 e. The molecule has 3 rings (SSSR count). The van der Waals surface area contributed by atoms with Gasteiger partial charge in [-0.3, -0.25) is 0 Å². The van der Waals surface area contributed by atoms with Crippen LogP contribution in [0, 0.1) is 6.92 Å². The lowest BCUT2D eigenvalue weighted by molar-refractivity contribution is 0.784. The largest absolute Gasteiger partial charge is 0.366 e. The van der Waals surface area contributed by atoms with Gasteiger partial charge in [0, 0.05) is 6.04 Å². The van der Waals surface area contributed by atoms with E-state index < -0.39 is 0 Å². The van der Waals surface area contributed by atoms with Gasteiger partial charge in [0.1, 0.15) is 5.82 Å². The lowest BCUT2D eigenvalue weighted by Gasteiger charge is -2.15. The third-order valence-electron chi connectivity index (χ3n) is 3.25. The summed E-state index contributed by atoms with van der Waals surface area (Å²) in [6.45, 7) is 4.17. The number of hydrogen-bond donors (Lipinski definition) is 1. The van der Waals surface area contributed by atoms with Crippen LogP contribution in [0.2, 0.25) is 0 Å². The minimum atomic E-state index is 0.332. The lowest BCUT2D eigenvalue weighted by Crippen LogP contribution is -2.19. The molecule has 2 aromatic heterocycles. The first-order valence-corrected chi connectivity index (χ1v) is 7.67. The van der Waals surface area contributed by atoms with Gasteiger partial charge in [-0.05, 0) is 54.8 Å². The molecular formula is C16H17N3S. The summed E-state index contributed by atoms with van der Waals surface area (Å²) in [7, 11) is 0. The highest BCUT2D eigenvalue weighted by Crippen LogP contribution is 2.18. The van der Waals surface area contributed by atoms with Crippen molar-refractivity contribution in [3.63, 3.8) is 0 Å². The van der Waals surface area contributed by atoms with Crippen LogP contribution in [-0.4, -0.2) is 16.0 Å². The Bertz CT molecular complexity index is 707. The van der Waals surface area contributed by atoms with Crippen LogP contribution in [0.1, 0.15) is 18.2 Å². The van der Waals surface area contributed by atoms with Gasteiger partial charge in [0.2, 0.25) is 0 Å². The second-order valence-corrected chi connectivity index (χ2v) is 5.81. The predicted molar refractivity (Wildman–Crippen MR) is 85.4 cm³/mol. The molecule has 1 aromatic carbocycles. The maximum absolute atomic E-state index is 4.67. The smallest absolute Gasteiger partial charge is 0.148 e. The highest BCUT2D eigenvalue weighted by molar-refractivity contribution is 7.07. The number of hydrogen-bond acceptors (Lipinski definition) is 4. The van der Waals surface area contributed by atoms with Crippen molar-refractivity contribution in [2.75, 3.05) is 5.32 Å². The highest BCUT2D eigenvalue weighted by atomic mass is 32.1. The van der Waals surface area contributed by atoms with Gasteiger partial charge < -0.3 is 5.32 Å². The Morgan fingerprint density at radius 2 is 1.90 bits per heavy atom. The number of rotatable bonds is 4. The highest BCUT2D eigenvalue weighted by Gasteiger charge is 2.09. The molecule has 4 heteroatoms. The van der Waals surface area contributed by atoms with E-state index in [1.807, 2.05) is 31.2 Å². The summed E-state index contributed by atoms with van der Waals surface area (Å²) < 4.78 is 0. The Kier molecular flexibility index (Phi) is 3.65. The Labute approximate surface area is 122 Å². The fourth-order valence-corrected chi connectivity index (χ4v) is 2.95. The van der Waals surface area contributed by atoms with Crippen LogP contribution in [0.3, 0.4) is 0 Å². The van der Waals surface area contributed by atoms with Gasteiger partial charge in [-0.1, -0.05) is 12.1 Å². The van der Waals surface area contributed by atoms with E-state index >= 15 is 0 Å². The van der Waals surface area contributed by atoms with E-state index in [0.29, 0.717) is 6.04 Å². The van der Waals surface area contributed by atoms with Crippen LogP contribution in [0.25, 0.3) is 11.0 Å². The summed E-state index contributed by atoms with van der Waals surface area (Å²) in [5.74, 6) is 0.881. The summed E-state index contributed by atoms with van der Waals surface area (Å²) in [5, 5.41) is 7.78. The van der Waals surface area contributed by atoms with Crippen molar-refractivity contribution in [3.05, 3.63) is 52.3 Å². The second-order valence-electron chi connectivity index (χ2n) is 5.03. The molecular weight excluding hydrogens is 266 g/mol. The molecule has 0 radical (unpaired) electrons. The van der Waals surface area contributed by atoms with E-state index in [1.54, 1.807) is 11.3 Å². The molecule has 0 bridgehead atoms. The molecule has 0 aliphatic rings. The van der Waals surface area contributed by atoms with Gasteiger partial charge in [-0.15, -0.1) is 0 Å². The fourth-order valence-electron chi connectivity index (χ4n) is 2.27. The molecule has 0 aliphatic carbocycles. The molecule has 102 valence electrons. The number of benzene rings is 1. The van der Waals surface area contributed by atoms with E-state index in [2.05, 4.69) is 39.0 Å². The first-order chi connectivity index (χ1) is 9.72. The number of nitrogens with one attached hydrogen (secondary N) is 1. The Morgan fingerprint density at radius 1 is 1.15 bits per heavy atom. The molecule has 20 heavy (non-hydrogen) atoms. The van der Waals surface area contributed by atoms with Crippen molar-refractivity contribution in [3.8, 4) is 0 Å². The number of thiophene rings is 1. The van der Waals surface area contributed by atoms with Crippen molar-refractivity contribution < 1.29 is 0 Å². The summed E-state index contributed by atoms with van der Waals surface area (Å²) >= 11 is 1.74. The Balaban J connectivity index is 1.81. The minimum Gasteiger partial charge on any atom is -0.366 e. The number of aromatic nitrogens is 2. The molecule has 3 aromatic rings. The quantitative estimate of drug-likeness (QED) is 0.785. The molecule has 1 unspecified atom stereocenters. The monoisotopic (exact) mass is 283 g/mol. The number of nitrogens with zero attached hydrogens (tertiary/aromatic N) is 2. The summed E-state index contributed by atoms with van der Waals surface area (Å²) in [5.41, 5.74) is 4.19. The molecule has 0 spiro atoms. The standard InChI is InChI=1S/C16H17N3S/c1-11(9-13-7-8-20-10-13)17-16-12(2)18-14-5-3-4-6-15(14)19-16/h3-8,10-11H,9H2,1-2H3,(H,17,19). The molecule has 0 aliphatic heterocycles. The first-order valence-electron chi connectivity index (χ1n) is 6.73. The van der Waals surface area contributed by atoms with Gasteiger partial charge in [0.15, 0.2) is 0 Å². The molecule has 0 fully saturated rings. The van der Waals surface area contributed by atoms with E-state index in [1.165, 1.54) is 5.56 Å². The van der Waals surface area contributed by atoms with Crippen LogP contribution in [-0.2, 0) is 6.42 Å². The van der Waals surface area contributed by atoms with Gasteiger partial charge in [0.25, 0.3) is 0 Å². The number of anilines is 1. The zero-order chi connectivity index (χ0) is 13.9. The normalized spacial score (nSPS) is 12.5. The van der Waals surface area contributed by atoms with Crippen LogP contribution in [0.4, 0.5) is 5.82 Å². The predicted octanol–water partition coefficient (Wildman–Crippen LogP) is 4.04. The molecule has 1 atom stereocenters. The second kappa shape index (κ2) is 5.59. The van der Waals surface area contributed by atoms with Gasteiger partial charge in [-0.25, -0.2) is 9.97 Å². The molecule has 0 saturated carbocycles. The van der Waals surface area contributed by atoms with Crippen molar-refractivity contribution in [1.29, 1.82) is 0 Å². The number of aryl methyl sites for hydroxylation is 1. The van der Waals surface area contributed by atoms with Crippen LogP contribution in [0.5, 0.6) is 0 Å². The average Bonchev–Trinajstić information content (AvgIpc) is 2.92. The van der Waals surface area contributed by atoms with Crippen LogP contribution in [0.15, 0.2) is 41.1 Å².